The van der Waals surface area contributed by atoms with Crippen LogP contribution in [-0.4, -0.2) is 43.5 Å². The van der Waals surface area contributed by atoms with Crippen molar-refractivity contribution >= 4 is 45.8 Å². The summed E-state index contributed by atoms with van der Waals surface area (Å²) in [5.41, 5.74) is 3.52. The molecule has 158 valence electrons. The summed E-state index contributed by atoms with van der Waals surface area (Å²) in [6.45, 7) is 1.94. The van der Waals surface area contributed by atoms with Crippen molar-refractivity contribution in [1.82, 2.24) is 0 Å². The van der Waals surface area contributed by atoms with Gasteiger partial charge in [-0.25, -0.2) is 0 Å². The molecular weight excluding hydrogens is 505 g/mol. The molecule has 0 saturated heterocycles. The number of phenolic OH excluding ortho intramolecular Hbond substituents is 1. The molecule has 4 rings (SSSR count). The van der Waals surface area contributed by atoms with E-state index >= 15 is 0 Å². The van der Waals surface area contributed by atoms with E-state index in [1.807, 2.05) is 35.6 Å². The molecule has 1 saturated carbocycles. The zero-order chi connectivity index (χ0) is 22.1. The van der Waals surface area contributed by atoms with Gasteiger partial charge in [0.15, 0.2) is 11.4 Å². The Balaban J connectivity index is 1.96. The van der Waals surface area contributed by atoms with Gasteiger partial charge in [0.1, 0.15) is 22.8 Å². The van der Waals surface area contributed by atoms with E-state index < -0.39 is 52.0 Å². The Kier molecular flexibility index (Phi) is 4.73. The molecule has 1 amide bonds. The number of fused-ring (bicyclic) bond motifs is 3. The first-order chi connectivity index (χ1) is 14.0. The number of aryl methyl sites for hydroxylation is 1. The maximum Gasteiger partial charge on any atom is 0.255 e. The van der Waals surface area contributed by atoms with E-state index in [0.717, 1.165) is 11.1 Å². The molecule has 3 atom stereocenters. The number of Topliss-reactive ketones (excluding diaryl/α,β-unsaturated/α-hetero) is 2. The molecule has 0 unspecified atom stereocenters. The number of amides is 1. The van der Waals surface area contributed by atoms with Crippen LogP contribution in [0.25, 0.3) is 5.76 Å². The van der Waals surface area contributed by atoms with Gasteiger partial charge in [-0.2, -0.15) is 0 Å². The summed E-state index contributed by atoms with van der Waals surface area (Å²) in [6.07, 6.45) is 0.806. The average molecular weight is 525 g/mol. The molecule has 3 aliphatic rings. The minimum Gasteiger partial charge on any atom is -0.508 e. The molecule has 0 heterocycles. The van der Waals surface area contributed by atoms with Gasteiger partial charge in [0, 0.05) is 17.9 Å². The highest BCUT2D eigenvalue weighted by atomic mass is 127. The van der Waals surface area contributed by atoms with E-state index in [9.17, 15) is 34.8 Å². The number of aliphatic hydroxyl groups is 3. The van der Waals surface area contributed by atoms with Crippen LogP contribution >= 0.6 is 22.6 Å². The molecule has 0 radical (unpaired) electrons. The van der Waals surface area contributed by atoms with Gasteiger partial charge in [0.25, 0.3) is 5.91 Å². The number of phenols is 1. The van der Waals surface area contributed by atoms with E-state index in [4.69, 9.17) is 5.73 Å². The fourth-order valence-electron chi connectivity index (χ4n) is 5.04. The lowest BCUT2D eigenvalue weighted by Crippen LogP contribution is -2.58. The van der Waals surface area contributed by atoms with Crippen molar-refractivity contribution in [3.63, 3.8) is 0 Å². The molecule has 6 N–H and O–H groups in total. The number of carbonyl (C=O) groups excluding carboxylic acids is 3. The standard InChI is InChI=1S/C21H20INO7/c1-2-7-5-11(22)16(25)14-10(7)4-8-3-9-6-12(24)15(20(23)29)19(28)21(9,30)18(27)13(8)17(14)26/h5,8-9,25-26,28,30H,2-4,6H2,1H3,(H2,23,29)/t8-,9+,21+/m1/s1. The van der Waals surface area contributed by atoms with Crippen molar-refractivity contribution in [2.45, 2.75) is 38.2 Å². The highest BCUT2D eigenvalue weighted by Gasteiger charge is 2.60. The summed E-state index contributed by atoms with van der Waals surface area (Å²) < 4.78 is 0.510. The number of halogens is 1. The lowest BCUT2D eigenvalue weighted by molar-refractivity contribution is -0.147. The number of rotatable bonds is 2. The SMILES string of the molecule is CCc1cc(I)c(O)c2c1C[C@H]1C[C@H]3CC(=O)C(C(N)=O)=C(O)[C@@]3(O)C(=O)C1=C2O. The summed E-state index contributed by atoms with van der Waals surface area (Å²) in [7, 11) is 0. The summed E-state index contributed by atoms with van der Waals surface area (Å²) in [6, 6.07) is 1.83. The number of ketones is 2. The van der Waals surface area contributed by atoms with Crippen molar-refractivity contribution < 1.29 is 34.8 Å². The number of aromatic hydroxyl groups is 1. The van der Waals surface area contributed by atoms with E-state index in [1.165, 1.54) is 0 Å². The Hall–Kier alpha value is -2.40. The minimum atomic E-state index is -2.53. The third-order valence-corrected chi connectivity index (χ3v) is 7.31. The number of primary amides is 1. The molecule has 30 heavy (non-hydrogen) atoms. The molecule has 0 bridgehead atoms. The van der Waals surface area contributed by atoms with Crippen LogP contribution in [0, 0.1) is 15.4 Å². The Morgan fingerprint density at radius 3 is 2.53 bits per heavy atom. The Morgan fingerprint density at radius 2 is 1.93 bits per heavy atom. The van der Waals surface area contributed by atoms with E-state index in [1.54, 1.807) is 0 Å². The summed E-state index contributed by atoms with van der Waals surface area (Å²) in [5.74, 6) is -6.07. The molecule has 1 fully saturated rings. The highest BCUT2D eigenvalue weighted by Crippen LogP contribution is 2.52. The van der Waals surface area contributed by atoms with Crippen molar-refractivity contribution in [2.24, 2.45) is 17.6 Å². The maximum absolute atomic E-state index is 13.4. The Bertz CT molecular complexity index is 1100. The van der Waals surface area contributed by atoms with Crippen LogP contribution in [0.5, 0.6) is 5.75 Å². The van der Waals surface area contributed by atoms with Gasteiger partial charge in [0.2, 0.25) is 5.78 Å². The molecule has 1 aromatic carbocycles. The van der Waals surface area contributed by atoms with Gasteiger partial charge in [-0.1, -0.05) is 6.92 Å². The van der Waals surface area contributed by atoms with Gasteiger partial charge >= 0.3 is 0 Å². The average Bonchev–Trinajstić information content (AvgIpc) is 2.67. The van der Waals surface area contributed by atoms with Gasteiger partial charge in [-0.15, -0.1) is 0 Å². The normalized spacial score (nSPS) is 28.2. The molecule has 0 aliphatic heterocycles. The monoisotopic (exact) mass is 525 g/mol. The first kappa shape index (κ1) is 20.9. The summed E-state index contributed by atoms with van der Waals surface area (Å²) >= 11 is 1.94. The summed E-state index contributed by atoms with van der Waals surface area (Å²) in [5, 5.41) is 43.3. The number of benzene rings is 1. The van der Waals surface area contributed by atoms with Gasteiger partial charge in [0.05, 0.1) is 9.13 Å². The Morgan fingerprint density at radius 1 is 1.27 bits per heavy atom. The van der Waals surface area contributed by atoms with Crippen molar-refractivity contribution in [1.29, 1.82) is 0 Å². The molecular formula is C21H20INO7. The van der Waals surface area contributed by atoms with E-state index in [-0.39, 0.29) is 29.7 Å². The second kappa shape index (κ2) is 6.81. The van der Waals surface area contributed by atoms with Crippen molar-refractivity contribution in [3.8, 4) is 5.75 Å². The molecule has 1 aromatic rings. The zero-order valence-corrected chi connectivity index (χ0v) is 18.2. The molecule has 8 nitrogen and oxygen atoms in total. The van der Waals surface area contributed by atoms with Crippen LogP contribution in [0.2, 0.25) is 0 Å². The number of nitrogens with two attached hydrogens (primary N) is 1. The van der Waals surface area contributed by atoms with Crippen LogP contribution in [0.1, 0.15) is 36.5 Å². The second-order valence-corrected chi connectivity index (χ2v) is 9.14. The quantitative estimate of drug-likeness (QED) is 0.290. The van der Waals surface area contributed by atoms with Crippen LogP contribution in [0.4, 0.5) is 0 Å². The smallest absolute Gasteiger partial charge is 0.255 e. The third-order valence-electron chi connectivity index (χ3n) is 6.49. The topological polar surface area (TPSA) is 158 Å². The summed E-state index contributed by atoms with van der Waals surface area (Å²) in [4.78, 5) is 37.3. The lowest BCUT2D eigenvalue weighted by Gasteiger charge is -2.46. The maximum atomic E-state index is 13.4. The molecule has 0 spiro atoms. The van der Waals surface area contributed by atoms with Gasteiger partial charge < -0.3 is 26.2 Å². The van der Waals surface area contributed by atoms with Crippen LogP contribution in [-0.2, 0) is 27.2 Å². The largest absolute Gasteiger partial charge is 0.508 e. The lowest BCUT2D eigenvalue weighted by atomic mass is 9.59. The number of hydrogen-bond donors (Lipinski definition) is 5. The fraction of sp³-hybridized carbons (Fsp3) is 0.381. The predicted octanol–water partition coefficient (Wildman–Crippen LogP) is 1.59. The zero-order valence-electron chi connectivity index (χ0n) is 16.0. The van der Waals surface area contributed by atoms with Crippen LogP contribution in [0.3, 0.4) is 0 Å². The number of carbonyl (C=O) groups is 3. The van der Waals surface area contributed by atoms with E-state index in [2.05, 4.69) is 0 Å². The van der Waals surface area contributed by atoms with Crippen molar-refractivity contribution in [3.05, 3.63) is 43.2 Å². The molecule has 3 aliphatic carbocycles. The number of hydrogen-bond acceptors (Lipinski definition) is 7. The van der Waals surface area contributed by atoms with Crippen LogP contribution < -0.4 is 5.73 Å². The Labute approximate surface area is 185 Å². The van der Waals surface area contributed by atoms with Gasteiger partial charge in [-0.05, 0) is 65.0 Å². The van der Waals surface area contributed by atoms with Gasteiger partial charge in [-0.3, -0.25) is 14.4 Å². The fourth-order valence-corrected chi connectivity index (χ4v) is 5.69. The third kappa shape index (κ3) is 2.57. The predicted molar refractivity (Wildman–Crippen MR) is 113 cm³/mol. The minimum absolute atomic E-state index is 0.120. The van der Waals surface area contributed by atoms with Crippen molar-refractivity contribution in [2.75, 3.05) is 0 Å². The number of aliphatic hydroxyl groups excluding tert-OH is 2. The van der Waals surface area contributed by atoms with Crippen LogP contribution in [0.15, 0.2) is 23.0 Å². The second-order valence-electron chi connectivity index (χ2n) is 7.98. The first-order valence-corrected chi connectivity index (χ1v) is 10.6. The molecule has 0 aromatic heterocycles. The molecule has 9 heteroatoms. The first-order valence-electron chi connectivity index (χ1n) is 9.54. The van der Waals surface area contributed by atoms with E-state index in [0.29, 0.717) is 16.4 Å². The highest BCUT2D eigenvalue weighted by molar-refractivity contribution is 14.1.